The fourth-order valence-electron chi connectivity index (χ4n) is 2.94. The van der Waals surface area contributed by atoms with Crippen LogP contribution in [0.2, 0.25) is 5.02 Å². The topological polar surface area (TPSA) is 84.5 Å². The van der Waals surface area contributed by atoms with E-state index in [0.717, 1.165) is 5.56 Å². The van der Waals surface area contributed by atoms with Crippen LogP contribution in [0.1, 0.15) is 24.1 Å². The number of sulfonamides is 1. The van der Waals surface area contributed by atoms with E-state index in [1.807, 2.05) is 0 Å². The second kappa shape index (κ2) is 10.0. The molecule has 1 atom stereocenters. The van der Waals surface area contributed by atoms with E-state index in [4.69, 9.17) is 16.3 Å². The summed E-state index contributed by atoms with van der Waals surface area (Å²) in [6, 6.07) is 16.2. The summed E-state index contributed by atoms with van der Waals surface area (Å²) < 4.78 is 46.3. The number of amides is 1. The molecule has 3 aromatic carbocycles. The minimum Gasteiger partial charge on any atom is -0.484 e. The van der Waals surface area contributed by atoms with E-state index in [1.165, 1.54) is 30.3 Å². The third kappa shape index (κ3) is 6.21. The minimum absolute atomic E-state index is 0.0617. The first-order chi connectivity index (χ1) is 15.1. The number of ether oxygens (including phenoxy) is 1. The Kier molecular flexibility index (Phi) is 7.37. The van der Waals surface area contributed by atoms with Crippen molar-refractivity contribution in [1.29, 1.82) is 0 Å². The standard InChI is InChI=1S/C23H22ClFN2O4S/c1-15-13-21(32(29,30)27-20-9-5-18(24)6-10-20)11-12-22(15)31-14-23(28)26-16(2)17-3-7-19(25)8-4-17/h3-13,16,27H,14H2,1-2H3,(H,26,28)/t16-/m1/s1. The lowest BCUT2D eigenvalue weighted by molar-refractivity contribution is -0.123. The van der Waals surface area contributed by atoms with E-state index >= 15 is 0 Å². The molecular weight excluding hydrogens is 455 g/mol. The van der Waals surface area contributed by atoms with E-state index in [0.29, 0.717) is 22.0 Å². The highest BCUT2D eigenvalue weighted by molar-refractivity contribution is 7.92. The highest BCUT2D eigenvalue weighted by Crippen LogP contribution is 2.24. The third-order valence-electron chi connectivity index (χ3n) is 4.66. The Balaban J connectivity index is 1.60. The zero-order chi connectivity index (χ0) is 23.3. The van der Waals surface area contributed by atoms with E-state index in [1.54, 1.807) is 50.2 Å². The smallest absolute Gasteiger partial charge is 0.261 e. The normalized spacial score (nSPS) is 12.1. The van der Waals surface area contributed by atoms with Crippen LogP contribution in [0.15, 0.2) is 71.6 Å². The SMILES string of the molecule is Cc1cc(S(=O)(=O)Nc2ccc(Cl)cc2)ccc1OCC(=O)N[C@H](C)c1ccc(F)cc1. The maximum absolute atomic E-state index is 13.0. The average Bonchev–Trinajstić information content (AvgIpc) is 2.74. The summed E-state index contributed by atoms with van der Waals surface area (Å²) in [5.74, 6) is -0.317. The summed E-state index contributed by atoms with van der Waals surface area (Å²) in [4.78, 5) is 12.3. The van der Waals surface area contributed by atoms with Gasteiger partial charge in [0, 0.05) is 10.7 Å². The maximum atomic E-state index is 13.0. The molecule has 0 aliphatic heterocycles. The molecule has 0 fully saturated rings. The van der Waals surface area contributed by atoms with Crippen LogP contribution in [0, 0.1) is 12.7 Å². The Morgan fingerprint density at radius 1 is 1.06 bits per heavy atom. The van der Waals surface area contributed by atoms with Crippen LogP contribution in [-0.4, -0.2) is 20.9 Å². The van der Waals surface area contributed by atoms with Gasteiger partial charge in [0.1, 0.15) is 11.6 Å². The van der Waals surface area contributed by atoms with Crippen LogP contribution >= 0.6 is 11.6 Å². The second-order valence-corrected chi connectivity index (χ2v) is 9.29. The van der Waals surface area contributed by atoms with Gasteiger partial charge in [-0.25, -0.2) is 12.8 Å². The molecule has 0 radical (unpaired) electrons. The lowest BCUT2D eigenvalue weighted by atomic mass is 10.1. The number of hydrogen-bond donors (Lipinski definition) is 2. The van der Waals surface area contributed by atoms with Gasteiger partial charge in [-0.05, 0) is 79.6 Å². The van der Waals surface area contributed by atoms with Crippen LogP contribution in [-0.2, 0) is 14.8 Å². The minimum atomic E-state index is -3.80. The van der Waals surface area contributed by atoms with E-state index < -0.39 is 10.0 Å². The molecule has 0 aliphatic carbocycles. The van der Waals surface area contributed by atoms with Crippen molar-refractivity contribution in [1.82, 2.24) is 5.32 Å². The lowest BCUT2D eigenvalue weighted by Crippen LogP contribution is -2.31. The Hall–Kier alpha value is -3.10. The molecule has 0 saturated heterocycles. The number of carbonyl (C=O) groups excluding carboxylic acids is 1. The van der Waals surface area contributed by atoms with Crippen LogP contribution in [0.5, 0.6) is 5.75 Å². The predicted molar refractivity (Wildman–Crippen MR) is 122 cm³/mol. The van der Waals surface area contributed by atoms with Crippen LogP contribution in [0.4, 0.5) is 10.1 Å². The quantitative estimate of drug-likeness (QED) is 0.487. The number of rotatable bonds is 8. The molecule has 0 bridgehead atoms. The first-order valence-electron chi connectivity index (χ1n) is 9.71. The summed E-state index contributed by atoms with van der Waals surface area (Å²) in [5, 5.41) is 3.27. The summed E-state index contributed by atoms with van der Waals surface area (Å²) in [6.45, 7) is 3.22. The number of halogens is 2. The largest absolute Gasteiger partial charge is 0.484 e. The van der Waals surface area contributed by atoms with Crippen molar-refractivity contribution in [3.05, 3.63) is 88.7 Å². The number of aryl methyl sites for hydroxylation is 1. The predicted octanol–water partition coefficient (Wildman–Crippen LogP) is 4.84. The van der Waals surface area contributed by atoms with Gasteiger partial charge in [0.25, 0.3) is 15.9 Å². The molecule has 168 valence electrons. The number of hydrogen-bond acceptors (Lipinski definition) is 4. The van der Waals surface area contributed by atoms with Gasteiger partial charge in [0.15, 0.2) is 6.61 Å². The Labute approximate surface area is 191 Å². The monoisotopic (exact) mass is 476 g/mol. The van der Waals surface area contributed by atoms with Crippen molar-refractivity contribution < 1.29 is 22.3 Å². The van der Waals surface area contributed by atoms with Crippen molar-refractivity contribution >= 4 is 33.2 Å². The van der Waals surface area contributed by atoms with Crippen LogP contribution in [0.3, 0.4) is 0 Å². The molecule has 0 heterocycles. The van der Waals surface area contributed by atoms with Crippen molar-refractivity contribution in [3.63, 3.8) is 0 Å². The molecule has 0 saturated carbocycles. The molecule has 0 spiro atoms. The Morgan fingerprint density at radius 3 is 2.34 bits per heavy atom. The molecule has 0 aromatic heterocycles. The van der Waals surface area contributed by atoms with Gasteiger partial charge < -0.3 is 10.1 Å². The van der Waals surface area contributed by atoms with Gasteiger partial charge in [-0.1, -0.05) is 23.7 Å². The summed E-state index contributed by atoms with van der Waals surface area (Å²) in [6.07, 6.45) is 0. The first-order valence-corrected chi connectivity index (χ1v) is 11.6. The van der Waals surface area contributed by atoms with E-state index in [9.17, 15) is 17.6 Å². The third-order valence-corrected chi connectivity index (χ3v) is 6.29. The fraction of sp³-hybridized carbons (Fsp3) is 0.174. The highest BCUT2D eigenvalue weighted by atomic mass is 35.5. The molecule has 1 amide bonds. The fourth-order valence-corrected chi connectivity index (χ4v) is 4.21. The number of benzene rings is 3. The molecule has 6 nitrogen and oxygen atoms in total. The Morgan fingerprint density at radius 2 is 1.72 bits per heavy atom. The second-order valence-electron chi connectivity index (χ2n) is 7.17. The highest BCUT2D eigenvalue weighted by Gasteiger charge is 2.17. The Bertz CT molecular complexity index is 1200. The summed E-state index contributed by atoms with van der Waals surface area (Å²) in [7, 11) is -3.80. The van der Waals surface area contributed by atoms with Crippen molar-refractivity contribution in [2.75, 3.05) is 11.3 Å². The molecule has 32 heavy (non-hydrogen) atoms. The lowest BCUT2D eigenvalue weighted by Gasteiger charge is -2.16. The van der Waals surface area contributed by atoms with Crippen LogP contribution < -0.4 is 14.8 Å². The summed E-state index contributed by atoms with van der Waals surface area (Å²) in [5.41, 5.74) is 1.71. The van der Waals surface area contributed by atoms with Gasteiger partial charge in [0.2, 0.25) is 0 Å². The first kappa shape index (κ1) is 23.6. The molecule has 2 N–H and O–H groups in total. The number of carbonyl (C=O) groups is 1. The van der Waals surface area contributed by atoms with E-state index in [-0.39, 0.29) is 29.3 Å². The molecule has 3 aromatic rings. The summed E-state index contributed by atoms with van der Waals surface area (Å²) >= 11 is 5.82. The molecular formula is C23H22ClFN2O4S. The van der Waals surface area contributed by atoms with Crippen molar-refractivity contribution in [2.24, 2.45) is 0 Å². The molecule has 0 aliphatic rings. The molecule has 9 heteroatoms. The maximum Gasteiger partial charge on any atom is 0.261 e. The number of nitrogens with one attached hydrogen (secondary N) is 2. The van der Waals surface area contributed by atoms with Gasteiger partial charge in [-0.15, -0.1) is 0 Å². The zero-order valence-corrected chi connectivity index (χ0v) is 19.0. The van der Waals surface area contributed by atoms with Crippen molar-refractivity contribution in [3.8, 4) is 5.75 Å². The van der Waals surface area contributed by atoms with Crippen molar-refractivity contribution in [2.45, 2.75) is 24.8 Å². The van der Waals surface area contributed by atoms with Crippen LogP contribution in [0.25, 0.3) is 0 Å². The van der Waals surface area contributed by atoms with Gasteiger partial charge in [0.05, 0.1) is 10.9 Å². The number of anilines is 1. The zero-order valence-electron chi connectivity index (χ0n) is 17.4. The molecule has 3 rings (SSSR count). The van der Waals surface area contributed by atoms with Gasteiger partial charge >= 0.3 is 0 Å². The average molecular weight is 477 g/mol. The van der Waals surface area contributed by atoms with Gasteiger partial charge in [-0.2, -0.15) is 0 Å². The molecule has 0 unspecified atom stereocenters. The van der Waals surface area contributed by atoms with E-state index in [2.05, 4.69) is 10.0 Å². The van der Waals surface area contributed by atoms with Gasteiger partial charge in [-0.3, -0.25) is 9.52 Å².